The van der Waals surface area contributed by atoms with Gasteiger partial charge < -0.3 is 10.2 Å². The highest BCUT2D eigenvalue weighted by molar-refractivity contribution is 5.76. The van der Waals surface area contributed by atoms with Crippen molar-refractivity contribution in [2.75, 3.05) is 0 Å². The first-order valence-corrected chi connectivity index (χ1v) is 9.15. The van der Waals surface area contributed by atoms with Gasteiger partial charge in [-0.3, -0.25) is 9.59 Å². The summed E-state index contributed by atoms with van der Waals surface area (Å²) in [5, 5.41) is 18.8. The van der Waals surface area contributed by atoms with Crippen molar-refractivity contribution in [2.24, 2.45) is 0 Å². The zero-order chi connectivity index (χ0) is 18.8. The fraction of sp³-hybridized carbons (Fsp3) is 0.364. The van der Waals surface area contributed by atoms with Gasteiger partial charge in [0.25, 0.3) is 0 Å². The lowest BCUT2D eigenvalue weighted by Crippen LogP contribution is -2.12. The van der Waals surface area contributed by atoms with Gasteiger partial charge in [-0.15, -0.1) is 0 Å². The van der Waals surface area contributed by atoms with E-state index < -0.39 is 23.8 Å². The van der Waals surface area contributed by atoms with Crippen LogP contribution in [0.5, 0.6) is 0 Å². The molecule has 0 radical (unpaired) electrons. The number of rotatable bonds is 11. The zero-order valence-corrected chi connectivity index (χ0v) is 14.9. The Hall–Kier alpha value is -2.62. The molecule has 138 valence electrons. The summed E-state index contributed by atoms with van der Waals surface area (Å²) >= 11 is 0. The Balaban J connectivity index is 1.74. The Morgan fingerprint density at radius 2 is 0.962 bits per heavy atom. The van der Waals surface area contributed by atoms with Crippen molar-refractivity contribution in [2.45, 2.75) is 50.4 Å². The van der Waals surface area contributed by atoms with Gasteiger partial charge in [-0.05, 0) is 24.0 Å². The third kappa shape index (κ3) is 6.03. The van der Waals surface area contributed by atoms with Crippen molar-refractivity contribution < 1.29 is 19.8 Å². The van der Waals surface area contributed by atoms with Gasteiger partial charge in [0.2, 0.25) is 0 Å². The molecule has 0 aliphatic rings. The third-order valence-electron chi connectivity index (χ3n) is 4.74. The Labute approximate surface area is 154 Å². The zero-order valence-electron chi connectivity index (χ0n) is 14.9. The van der Waals surface area contributed by atoms with E-state index in [0.717, 1.165) is 36.8 Å². The minimum atomic E-state index is -0.786. The molecule has 0 saturated heterocycles. The standard InChI is InChI=1S/C22H26O4/c23-21(24)19(17-11-5-3-6-12-17)15-9-1-2-10-16-20(22(25)26)18-13-7-4-8-14-18/h3-8,11-14,19-20H,1-2,9-10,15-16H2,(H,23,24)(H,25,26). The molecular formula is C22H26O4. The number of carboxylic acid groups (broad SMARTS) is 2. The molecule has 2 atom stereocenters. The SMILES string of the molecule is O=C(O)C(CCCCCCC(C(=O)O)c1ccccc1)c1ccccc1. The van der Waals surface area contributed by atoms with Crippen LogP contribution in [-0.2, 0) is 9.59 Å². The van der Waals surface area contributed by atoms with E-state index >= 15 is 0 Å². The molecule has 0 heterocycles. The molecule has 4 heteroatoms. The molecule has 0 fully saturated rings. The molecule has 0 saturated carbocycles. The molecule has 2 N–H and O–H groups in total. The normalized spacial score (nSPS) is 13.1. The molecule has 0 amide bonds. The average Bonchev–Trinajstić information content (AvgIpc) is 2.65. The number of hydrogen-bond donors (Lipinski definition) is 2. The first-order chi connectivity index (χ1) is 12.6. The molecule has 0 spiro atoms. The highest BCUT2D eigenvalue weighted by Crippen LogP contribution is 2.25. The Morgan fingerprint density at radius 3 is 1.27 bits per heavy atom. The van der Waals surface area contributed by atoms with Crippen molar-refractivity contribution in [3.05, 3.63) is 71.8 Å². The number of carboxylic acids is 2. The van der Waals surface area contributed by atoms with E-state index in [9.17, 15) is 19.8 Å². The lowest BCUT2D eigenvalue weighted by Gasteiger charge is -2.14. The number of hydrogen-bond acceptors (Lipinski definition) is 2. The summed E-state index contributed by atoms with van der Waals surface area (Å²) in [7, 11) is 0. The smallest absolute Gasteiger partial charge is 0.310 e. The van der Waals surface area contributed by atoms with Crippen molar-refractivity contribution in [1.82, 2.24) is 0 Å². The fourth-order valence-corrected chi connectivity index (χ4v) is 3.29. The van der Waals surface area contributed by atoms with Crippen LogP contribution in [0.15, 0.2) is 60.7 Å². The predicted molar refractivity (Wildman–Crippen MR) is 101 cm³/mol. The van der Waals surface area contributed by atoms with Gasteiger partial charge in [-0.1, -0.05) is 86.3 Å². The Bertz CT molecular complexity index is 620. The molecule has 2 rings (SSSR count). The van der Waals surface area contributed by atoms with Crippen molar-refractivity contribution in [3.8, 4) is 0 Å². The van der Waals surface area contributed by atoms with Crippen LogP contribution in [0.25, 0.3) is 0 Å². The summed E-state index contributed by atoms with van der Waals surface area (Å²) in [6.45, 7) is 0. The second-order valence-electron chi connectivity index (χ2n) is 6.59. The van der Waals surface area contributed by atoms with Gasteiger partial charge in [0.1, 0.15) is 0 Å². The van der Waals surface area contributed by atoms with Gasteiger partial charge in [-0.2, -0.15) is 0 Å². The molecule has 2 aromatic rings. The average molecular weight is 354 g/mol. The fourth-order valence-electron chi connectivity index (χ4n) is 3.29. The molecule has 0 aliphatic heterocycles. The second kappa shape index (κ2) is 10.4. The Morgan fingerprint density at radius 1 is 0.615 bits per heavy atom. The second-order valence-corrected chi connectivity index (χ2v) is 6.59. The van der Waals surface area contributed by atoms with Gasteiger partial charge >= 0.3 is 11.9 Å². The van der Waals surface area contributed by atoms with Gasteiger partial charge in [0, 0.05) is 0 Å². The molecular weight excluding hydrogens is 328 g/mol. The van der Waals surface area contributed by atoms with Crippen molar-refractivity contribution in [1.29, 1.82) is 0 Å². The van der Waals surface area contributed by atoms with Crippen LogP contribution in [0.1, 0.15) is 61.5 Å². The van der Waals surface area contributed by atoms with E-state index in [4.69, 9.17) is 0 Å². The van der Waals surface area contributed by atoms with Crippen LogP contribution >= 0.6 is 0 Å². The van der Waals surface area contributed by atoms with Crippen LogP contribution in [0, 0.1) is 0 Å². The lowest BCUT2D eigenvalue weighted by molar-refractivity contribution is -0.140. The maximum Gasteiger partial charge on any atom is 0.310 e. The summed E-state index contributed by atoms with van der Waals surface area (Å²) in [5.74, 6) is -2.50. The topological polar surface area (TPSA) is 74.6 Å². The van der Waals surface area contributed by atoms with E-state index in [1.165, 1.54) is 0 Å². The van der Waals surface area contributed by atoms with Gasteiger partial charge in [0.05, 0.1) is 11.8 Å². The number of aliphatic carboxylic acids is 2. The largest absolute Gasteiger partial charge is 0.481 e. The number of benzene rings is 2. The molecule has 4 nitrogen and oxygen atoms in total. The van der Waals surface area contributed by atoms with Crippen LogP contribution in [-0.4, -0.2) is 22.2 Å². The van der Waals surface area contributed by atoms with E-state index in [-0.39, 0.29) is 0 Å². The van der Waals surface area contributed by atoms with E-state index in [1.807, 2.05) is 60.7 Å². The molecule has 0 aliphatic carbocycles. The molecule has 0 aromatic heterocycles. The first kappa shape index (κ1) is 19.7. The number of unbranched alkanes of at least 4 members (excludes halogenated alkanes) is 3. The number of carbonyl (C=O) groups is 2. The summed E-state index contributed by atoms with van der Waals surface area (Å²) in [6.07, 6.45) is 4.71. The van der Waals surface area contributed by atoms with Crippen LogP contribution < -0.4 is 0 Å². The summed E-state index contributed by atoms with van der Waals surface area (Å²) in [6, 6.07) is 18.6. The molecule has 2 unspecified atom stereocenters. The van der Waals surface area contributed by atoms with Crippen LogP contribution in [0.2, 0.25) is 0 Å². The predicted octanol–water partition coefficient (Wildman–Crippen LogP) is 5.06. The van der Waals surface area contributed by atoms with E-state index in [0.29, 0.717) is 12.8 Å². The molecule has 26 heavy (non-hydrogen) atoms. The Kier molecular flexibility index (Phi) is 7.87. The third-order valence-corrected chi connectivity index (χ3v) is 4.74. The van der Waals surface area contributed by atoms with Gasteiger partial charge in [0.15, 0.2) is 0 Å². The summed E-state index contributed by atoms with van der Waals surface area (Å²) in [5.41, 5.74) is 1.69. The van der Waals surface area contributed by atoms with E-state index in [1.54, 1.807) is 0 Å². The van der Waals surface area contributed by atoms with Crippen LogP contribution in [0.4, 0.5) is 0 Å². The summed E-state index contributed by atoms with van der Waals surface area (Å²) < 4.78 is 0. The van der Waals surface area contributed by atoms with Crippen molar-refractivity contribution in [3.63, 3.8) is 0 Å². The highest BCUT2D eigenvalue weighted by Gasteiger charge is 2.20. The molecule has 0 bridgehead atoms. The quantitative estimate of drug-likeness (QED) is 0.553. The first-order valence-electron chi connectivity index (χ1n) is 9.15. The summed E-state index contributed by atoms with van der Waals surface area (Å²) in [4.78, 5) is 23.0. The van der Waals surface area contributed by atoms with Crippen molar-refractivity contribution >= 4 is 11.9 Å². The van der Waals surface area contributed by atoms with Crippen LogP contribution in [0.3, 0.4) is 0 Å². The maximum absolute atomic E-state index is 11.5. The maximum atomic E-state index is 11.5. The van der Waals surface area contributed by atoms with Gasteiger partial charge in [-0.25, -0.2) is 0 Å². The molecule has 2 aromatic carbocycles. The highest BCUT2D eigenvalue weighted by atomic mass is 16.4. The minimum Gasteiger partial charge on any atom is -0.481 e. The monoisotopic (exact) mass is 354 g/mol. The lowest BCUT2D eigenvalue weighted by atomic mass is 9.91. The van der Waals surface area contributed by atoms with E-state index in [2.05, 4.69) is 0 Å². The minimum absolute atomic E-state index is 0.465.